The van der Waals surface area contributed by atoms with E-state index in [9.17, 15) is 4.79 Å². The van der Waals surface area contributed by atoms with Crippen molar-refractivity contribution < 1.29 is 4.79 Å². The molecule has 0 spiro atoms. The Morgan fingerprint density at radius 2 is 1.10 bits per heavy atom. The van der Waals surface area contributed by atoms with Gasteiger partial charge >= 0.3 is 0 Å². The molecule has 0 aliphatic carbocycles. The minimum Gasteiger partial charge on any atom is -0.352 e. The van der Waals surface area contributed by atoms with Crippen LogP contribution in [0.25, 0.3) is 0 Å². The predicted octanol–water partition coefficient (Wildman–Crippen LogP) is 6.16. The molecule has 0 aliphatic heterocycles. The monoisotopic (exact) mass is 296 g/mol. The van der Waals surface area contributed by atoms with E-state index in [1.54, 1.807) is 6.54 Å². The summed E-state index contributed by atoms with van der Waals surface area (Å²) in [6.07, 6.45) is 19.7. The van der Waals surface area contributed by atoms with Crippen LogP contribution in [0.1, 0.15) is 110 Å². The Bertz CT molecular complexity index is 216. The van der Waals surface area contributed by atoms with Crippen LogP contribution in [0.3, 0.4) is 0 Å². The molecule has 0 aromatic carbocycles. The average Bonchev–Trinajstić information content (AvgIpc) is 2.48. The van der Waals surface area contributed by atoms with Crippen LogP contribution in [0.5, 0.6) is 0 Å². The van der Waals surface area contributed by atoms with Gasteiger partial charge in [-0.2, -0.15) is 0 Å². The topological polar surface area (TPSA) is 29.1 Å². The summed E-state index contributed by atoms with van der Waals surface area (Å²) in [5.74, 6) is 0.163. The van der Waals surface area contributed by atoms with Gasteiger partial charge in [-0.15, -0.1) is 0 Å². The van der Waals surface area contributed by atoms with Crippen molar-refractivity contribution in [3.8, 4) is 0 Å². The smallest absolute Gasteiger partial charge is 0.220 e. The third-order valence-electron chi connectivity index (χ3n) is 4.06. The molecular weight excluding hydrogens is 258 g/mol. The summed E-state index contributed by atoms with van der Waals surface area (Å²) in [4.78, 5) is 11.2. The number of amides is 1. The summed E-state index contributed by atoms with van der Waals surface area (Å²) in [7, 11) is 0. The van der Waals surface area contributed by atoms with E-state index in [0.29, 0.717) is 6.42 Å². The number of carbonyl (C=O) groups excluding carboxylic acids is 1. The Morgan fingerprint density at radius 3 is 1.48 bits per heavy atom. The van der Waals surface area contributed by atoms with Crippen LogP contribution in [0, 0.1) is 6.54 Å². The molecule has 1 radical (unpaired) electrons. The van der Waals surface area contributed by atoms with Crippen molar-refractivity contribution in [3.63, 3.8) is 0 Å². The fraction of sp³-hybridized carbons (Fsp3) is 0.895. The van der Waals surface area contributed by atoms with E-state index < -0.39 is 0 Å². The largest absolute Gasteiger partial charge is 0.352 e. The lowest BCUT2D eigenvalue weighted by atomic mass is 10.0. The molecule has 0 heterocycles. The number of nitrogens with one attached hydrogen (secondary N) is 1. The first kappa shape index (κ1) is 20.5. The summed E-state index contributed by atoms with van der Waals surface area (Å²) in [6.45, 7) is 5.84. The van der Waals surface area contributed by atoms with Gasteiger partial charge in [0, 0.05) is 13.0 Å². The maximum Gasteiger partial charge on any atom is 0.220 e. The van der Waals surface area contributed by atoms with E-state index in [-0.39, 0.29) is 5.91 Å². The molecule has 0 saturated carbocycles. The van der Waals surface area contributed by atoms with Crippen molar-refractivity contribution >= 4 is 5.91 Å². The molecule has 21 heavy (non-hydrogen) atoms. The first-order valence-corrected chi connectivity index (χ1v) is 9.38. The highest BCUT2D eigenvalue weighted by Crippen LogP contribution is 2.13. The second-order valence-electron chi connectivity index (χ2n) is 6.20. The van der Waals surface area contributed by atoms with Crippen LogP contribution < -0.4 is 5.32 Å². The number of unbranched alkanes of at least 4 members (excludes halogenated alkanes) is 13. The lowest BCUT2D eigenvalue weighted by Crippen LogP contribution is -2.18. The van der Waals surface area contributed by atoms with Gasteiger partial charge in [-0.1, -0.05) is 90.4 Å². The molecular formula is C19H38NO. The summed E-state index contributed by atoms with van der Waals surface area (Å²) in [5, 5.41) is 2.73. The fourth-order valence-electron chi connectivity index (χ4n) is 2.71. The van der Waals surface area contributed by atoms with Crippen molar-refractivity contribution in [3.05, 3.63) is 6.54 Å². The van der Waals surface area contributed by atoms with Gasteiger partial charge in [0.05, 0.1) is 0 Å². The van der Waals surface area contributed by atoms with Gasteiger partial charge in [-0.25, -0.2) is 0 Å². The highest BCUT2D eigenvalue weighted by Gasteiger charge is 1.98. The minimum absolute atomic E-state index is 0.163. The zero-order chi connectivity index (χ0) is 15.6. The molecule has 2 nitrogen and oxygen atoms in total. The van der Waals surface area contributed by atoms with Gasteiger partial charge in [-0.05, 0) is 13.3 Å². The Hall–Kier alpha value is -0.530. The third-order valence-corrected chi connectivity index (χ3v) is 4.06. The number of carbonyl (C=O) groups is 1. The van der Waals surface area contributed by atoms with E-state index in [0.717, 1.165) is 6.42 Å². The van der Waals surface area contributed by atoms with E-state index in [1.807, 2.05) is 6.92 Å². The second-order valence-corrected chi connectivity index (χ2v) is 6.20. The van der Waals surface area contributed by atoms with Crippen LogP contribution in [0.2, 0.25) is 0 Å². The average molecular weight is 297 g/mol. The van der Waals surface area contributed by atoms with Crippen molar-refractivity contribution in [2.24, 2.45) is 0 Å². The number of hydrogen-bond donors (Lipinski definition) is 1. The van der Waals surface area contributed by atoms with Crippen molar-refractivity contribution in [1.29, 1.82) is 0 Å². The quantitative estimate of drug-likeness (QED) is 0.340. The number of rotatable bonds is 16. The van der Waals surface area contributed by atoms with Crippen LogP contribution in [-0.2, 0) is 4.79 Å². The molecule has 0 unspecified atom stereocenters. The van der Waals surface area contributed by atoms with Gasteiger partial charge in [0.1, 0.15) is 0 Å². The van der Waals surface area contributed by atoms with Crippen molar-refractivity contribution in [2.45, 2.75) is 110 Å². The van der Waals surface area contributed by atoms with Gasteiger partial charge in [0.15, 0.2) is 0 Å². The normalized spacial score (nSPS) is 10.8. The van der Waals surface area contributed by atoms with Gasteiger partial charge in [0.2, 0.25) is 5.91 Å². The standard InChI is InChI=1S/C19H38NO/c1-3-5-6-7-8-9-10-11-12-13-14-15-16-17-18-19(21)20-4-2/h4H,3,5-18H2,1-2H3,(H,20,21). The Labute approximate surface area is 133 Å². The van der Waals surface area contributed by atoms with Crippen LogP contribution in [-0.4, -0.2) is 5.91 Å². The maximum atomic E-state index is 11.2. The van der Waals surface area contributed by atoms with Gasteiger partial charge in [0.25, 0.3) is 0 Å². The van der Waals surface area contributed by atoms with Gasteiger partial charge in [-0.3, -0.25) is 4.79 Å². The van der Waals surface area contributed by atoms with E-state index in [4.69, 9.17) is 0 Å². The zero-order valence-electron chi connectivity index (χ0n) is 14.6. The molecule has 0 saturated heterocycles. The molecule has 2 heteroatoms. The van der Waals surface area contributed by atoms with Crippen LogP contribution in [0.4, 0.5) is 0 Å². The van der Waals surface area contributed by atoms with Crippen molar-refractivity contribution in [1.82, 2.24) is 5.32 Å². The molecule has 0 bridgehead atoms. The SMILES string of the molecule is C[CH]NC(=O)CCCCCCCCCCCCCCCC. The lowest BCUT2D eigenvalue weighted by molar-refractivity contribution is -0.120. The molecule has 0 rings (SSSR count). The molecule has 125 valence electrons. The summed E-state index contributed by atoms with van der Waals surface area (Å²) < 4.78 is 0. The lowest BCUT2D eigenvalue weighted by Gasteiger charge is -2.03. The Morgan fingerprint density at radius 1 is 0.714 bits per heavy atom. The predicted molar refractivity (Wildman–Crippen MR) is 93.0 cm³/mol. The first-order chi connectivity index (χ1) is 10.3. The minimum atomic E-state index is 0.163. The summed E-state index contributed by atoms with van der Waals surface area (Å²) in [6, 6.07) is 0. The zero-order valence-corrected chi connectivity index (χ0v) is 14.6. The van der Waals surface area contributed by atoms with E-state index >= 15 is 0 Å². The van der Waals surface area contributed by atoms with Crippen LogP contribution in [0.15, 0.2) is 0 Å². The molecule has 0 aliphatic rings. The van der Waals surface area contributed by atoms with Crippen LogP contribution >= 0.6 is 0 Å². The van der Waals surface area contributed by atoms with Gasteiger partial charge < -0.3 is 5.32 Å². The molecule has 0 aromatic heterocycles. The highest BCUT2D eigenvalue weighted by atomic mass is 16.1. The highest BCUT2D eigenvalue weighted by molar-refractivity contribution is 5.76. The van der Waals surface area contributed by atoms with E-state index in [1.165, 1.54) is 83.5 Å². The molecule has 1 N–H and O–H groups in total. The van der Waals surface area contributed by atoms with Crippen molar-refractivity contribution in [2.75, 3.05) is 0 Å². The summed E-state index contributed by atoms with van der Waals surface area (Å²) >= 11 is 0. The molecule has 0 fully saturated rings. The fourth-order valence-corrected chi connectivity index (χ4v) is 2.71. The van der Waals surface area contributed by atoms with E-state index in [2.05, 4.69) is 12.2 Å². The third kappa shape index (κ3) is 17.4. The number of hydrogen-bond acceptors (Lipinski definition) is 1. The molecule has 1 amide bonds. The molecule has 0 aromatic rings. The Kier molecular flexibility index (Phi) is 17.1. The second kappa shape index (κ2) is 17.5. The Balaban J connectivity index is 3.01. The molecule has 0 atom stereocenters. The summed E-state index contributed by atoms with van der Waals surface area (Å²) in [5.41, 5.74) is 0. The first-order valence-electron chi connectivity index (χ1n) is 9.38. The maximum absolute atomic E-state index is 11.2.